The number of benzene rings is 3. The van der Waals surface area contributed by atoms with Crippen LogP contribution in [-0.2, 0) is 51.7 Å². The van der Waals surface area contributed by atoms with Crippen molar-refractivity contribution in [3.63, 3.8) is 0 Å². The van der Waals surface area contributed by atoms with Crippen LogP contribution in [0.4, 0.5) is 0 Å². The average Bonchev–Trinajstić information content (AvgIpc) is 2.95. The molecule has 0 saturated carbocycles. The van der Waals surface area contributed by atoms with Crippen molar-refractivity contribution in [2.75, 3.05) is 0 Å². The van der Waals surface area contributed by atoms with Crippen molar-refractivity contribution in [3.8, 4) is 0 Å². The maximum atomic E-state index is 5.73. The summed E-state index contributed by atoms with van der Waals surface area (Å²) in [7, 11) is 0. The topological polar surface area (TPSA) is 55.4 Å². The van der Waals surface area contributed by atoms with Crippen LogP contribution in [0.2, 0.25) is 0 Å². The van der Waals surface area contributed by atoms with Gasteiger partial charge in [0, 0.05) is 0 Å². The van der Waals surface area contributed by atoms with Crippen molar-refractivity contribution in [3.05, 3.63) is 107 Å². The zero-order valence-corrected chi connectivity index (χ0v) is 29.5. The minimum Gasteiger partial charge on any atom is -0.230 e. The van der Waals surface area contributed by atoms with E-state index in [9.17, 15) is 0 Å². The molecule has 0 saturated heterocycles. The zero-order valence-electron chi connectivity index (χ0n) is 29.5. The van der Waals surface area contributed by atoms with E-state index < -0.39 is 22.4 Å². The molecule has 6 heteroatoms. The van der Waals surface area contributed by atoms with E-state index in [1.165, 1.54) is 0 Å². The van der Waals surface area contributed by atoms with E-state index in [2.05, 4.69) is 6.07 Å². The van der Waals surface area contributed by atoms with Crippen molar-refractivity contribution >= 4 is 0 Å². The fourth-order valence-electron chi connectivity index (χ4n) is 3.81. The van der Waals surface area contributed by atoms with Gasteiger partial charge >= 0.3 is 0 Å². The maximum Gasteiger partial charge on any atom is 0.123 e. The van der Waals surface area contributed by atoms with Crippen LogP contribution in [0, 0.1) is 0 Å². The van der Waals surface area contributed by atoms with Gasteiger partial charge in [0.2, 0.25) is 0 Å². The van der Waals surface area contributed by atoms with E-state index in [1.54, 1.807) is 0 Å². The van der Waals surface area contributed by atoms with Gasteiger partial charge in [-0.1, -0.05) is 78.9 Å². The Hall–Kier alpha value is -2.58. The molecule has 0 heterocycles. The second-order valence-corrected chi connectivity index (χ2v) is 15.1. The molecule has 0 bridgehead atoms. The molecule has 244 valence electrons. The quantitative estimate of drug-likeness (QED) is 0.159. The van der Waals surface area contributed by atoms with Gasteiger partial charge in [0.1, 0.15) is 22.4 Å². The molecular weight excluding hydrogens is 552 g/mol. The lowest BCUT2D eigenvalue weighted by Crippen LogP contribution is -2.31. The predicted molar refractivity (Wildman–Crippen MR) is 177 cm³/mol. The molecule has 3 aromatic carbocycles. The molecule has 3 rings (SSSR count). The van der Waals surface area contributed by atoms with Gasteiger partial charge in [-0.05, 0) is 125 Å². The summed E-state index contributed by atoms with van der Waals surface area (Å²) in [5.41, 5.74) is 1.33. The van der Waals surface area contributed by atoms with E-state index in [1.807, 2.05) is 176 Å². The molecule has 0 radical (unpaired) electrons. The molecule has 3 aromatic rings. The highest BCUT2D eigenvalue weighted by atomic mass is 17.2. The SMILES string of the molecule is CC(C)(C)OOC(C)(C)c1cccc(C(C)(C)OOC(C)(C)C)c1.CC(C)(OOC(C)(C)c1ccccc1)c1ccccc1. The summed E-state index contributed by atoms with van der Waals surface area (Å²) >= 11 is 0. The molecule has 0 atom stereocenters. The minimum absolute atomic E-state index is 0.363. The molecular formula is C38H56O6. The number of rotatable bonds is 11. The molecule has 0 aliphatic heterocycles. The summed E-state index contributed by atoms with van der Waals surface area (Å²) < 4.78 is 0. The van der Waals surface area contributed by atoms with Crippen LogP contribution in [-0.4, -0.2) is 11.2 Å². The Morgan fingerprint density at radius 3 is 0.841 bits per heavy atom. The second kappa shape index (κ2) is 14.7. The van der Waals surface area contributed by atoms with Crippen LogP contribution in [0.25, 0.3) is 0 Å². The molecule has 0 aliphatic rings. The predicted octanol–water partition coefficient (Wildman–Crippen LogP) is 10.5. The normalized spacial score (nSPS) is 13.3. The molecule has 0 unspecified atom stereocenters. The summed E-state index contributed by atoms with van der Waals surface area (Å²) in [5, 5.41) is 0. The number of hydrogen-bond acceptors (Lipinski definition) is 6. The van der Waals surface area contributed by atoms with E-state index in [-0.39, 0.29) is 11.2 Å². The molecule has 0 aliphatic carbocycles. The average molecular weight is 609 g/mol. The Morgan fingerprint density at radius 2 is 0.545 bits per heavy atom. The van der Waals surface area contributed by atoms with Crippen LogP contribution in [0.5, 0.6) is 0 Å². The molecule has 44 heavy (non-hydrogen) atoms. The van der Waals surface area contributed by atoms with Gasteiger partial charge in [0.15, 0.2) is 0 Å². The fraction of sp³-hybridized carbons (Fsp3) is 0.526. The van der Waals surface area contributed by atoms with Crippen molar-refractivity contribution in [1.29, 1.82) is 0 Å². The lowest BCUT2D eigenvalue weighted by molar-refractivity contribution is -0.410. The van der Waals surface area contributed by atoms with Gasteiger partial charge in [-0.25, -0.2) is 29.3 Å². The Bertz CT molecular complexity index is 1170. The molecule has 0 fully saturated rings. The van der Waals surface area contributed by atoms with Gasteiger partial charge in [-0.3, -0.25) is 0 Å². The van der Waals surface area contributed by atoms with Crippen LogP contribution in [0.1, 0.15) is 119 Å². The van der Waals surface area contributed by atoms with Crippen molar-refractivity contribution in [2.45, 2.75) is 131 Å². The summed E-state index contributed by atoms with van der Waals surface area (Å²) in [4.78, 5) is 33.9. The number of hydrogen-bond donors (Lipinski definition) is 0. The third-order valence-corrected chi connectivity index (χ3v) is 6.65. The highest BCUT2D eigenvalue weighted by Gasteiger charge is 2.31. The molecule has 6 nitrogen and oxygen atoms in total. The van der Waals surface area contributed by atoms with E-state index in [4.69, 9.17) is 29.3 Å². The van der Waals surface area contributed by atoms with Gasteiger partial charge in [-0.15, -0.1) is 0 Å². The van der Waals surface area contributed by atoms with Crippen LogP contribution in [0.3, 0.4) is 0 Å². The summed E-state index contributed by atoms with van der Waals surface area (Å²) in [6.07, 6.45) is 0. The standard InChI is InChI=1S/C20H34O4.C18H22O2/c1-17(2,3)21-23-19(7,8)15-12-11-13-16(14-15)20(9,10)24-22-18(4,5)6;1-17(2,15-11-7-5-8-12-15)19-20-18(3,4)16-13-9-6-10-14-16/h11-14H,1-10H3;5-14H,1-4H3. The smallest absolute Gasteiger partial charge is 0.123 e. The van der Waals surface area contributed by atoms with Gasteiger partial charge in [0.05, 0.1) is 11.2 Å². The van der Waals surface area contributed by atoms with Gasteiger partial charge in [0.25, 0.3) is 0 Å². The third kappa shape index (κ3) is 12.4. The van der Waals surface area contributed by atoms with Crippen molar-refractivity contribution in [1.82, 2.24) is 0 Å². The zero-order chi connectivity index (χ0) is 33.5. The Morgan fingerprint density at radius 1 is 0.295 bits per heavy atom. The first-order valence-electron chi connectivity index (χ1n) is 15.4. The van der Waals surface area contributed by atoms with E-state index >= 15 is 0 Å². The molecule has 0 N–H and O–H groups in total. The van der Waals surface area contributed by atoms with Crippen LogP contribution < -0.4 is 0 Å². The third-order valence-electron chi connectivity index (χ3n) is 6.65. The molecule has 0 amide bonds. The van der Waals surface area contributed by atoms with Crippen molar-refractivity contribution < 1.29 is 29.3 Å². The summed E-state index contributed by atoms with van der Waals surface area (Å²) in [6.45, 7) is 27.7. The summed E-state index contributed by atoms with van der Waals surface area (Å²) in [6, 6.07) is 28.3. The van der Waals surface area contributed by atoms with Gasteiger partial charge < -0.3 is 0 Å². The maximum absolute atomic E-state index is 5.73. The lowest BCUT2D eigenvalue weighted by atomic mass is 9.91. The van der Waals surface area contributed by atoms with Crippen molar-refractivity contribution in [2.24, 2.45) is 0 Å². The van der Waals surface area contributed by atoms with Gasteiger partial charge in [-0.2, -0.15) is 0 Å². The van der Waals surface area contributed by atoms with E-state index in [0.29, 0.717) is 0 Å². The lowest BCUT2D eigenvalue weighted by Gasteiger charge is -2.32. The van der Waals surface area contributed by atoms with Crippen LogP contribution in [0.15, 0.2) is 84.9 Å². The highest BCUT2D eigenvalue weighted by molar-refractivity contribution is 5.31. The largest absolute Gasteiger partial charge is 0.230 e. The molecule has 0 spiro atoms. The molecule has 0 aromatic heterocycles. The Balaban J connectivity index is 0.000000311. The highest BCUT2D eigenvalue weighted by Crippen LogP contribution is 2.33. The monoisotopic (exact) mass is 608 g/mol. The Labute approximate surface area is 266 Å². The summed E-state index contributed by atoms with van der Waals surface area (Å²) in [5.74, 6) is 0. The first kappa shape index (κ1) is 37.6. The minimum atomic E-state index is -0.579. The van der Waals surface area contributed by atoms with E-state index in [0.717, 1.165) is 22.3 Å². The first-order chi connectivity index (χ1) is 20.0. The Kier molecular flexibility index (Phi) is 12.5. The van der Waals surface area contributed by atoms with Crippen LogP contribution >= 0.6 is 0 Å². The fourth-order valence-corrected chi connectivity index (χ4v) is 3.81. The first-order valence-corrected chi connectivity index (χ1v) is 15.4. The second-order valence-electron chi connectivity index (χ2n) is 15.1.